The minimum atomic E-state index is -0.513. The number of carbonyl (C=O) groups is 1. The standard InChI is InChI=1S/C26H37N3O2S/c1-18-7-9-21(29(17-18)24(30)31-25(2,3)4)19-8-10-22-20(15-19)27-23(32-22)16-26(5)11-13-28(6)14-12-26/h8-10,15,18H,7,11-14,16-17H2,1-6H3/t18-/m0/s1. The van der Waals surface area contributed by atoms with E-state index in [9.17, 15) is 4.79 Å². The zero-order valence-corrected chi connectivity index (χ0v) is 21.2. The molecule has 0 spiro atoms. The van der Waals surface area contributed by atoms with Gasteiger partial charge in [0.25, 0.3) is 0 Å². The van der Waals surface area contributed by atoms with E-state index in [0.29, 0.717) is 17.9 Å². The van der Waals surface area contributed by atoms with Crippen molar-refractivity contribution in [3.05, 3.63) is 34.8 Å². The maximum atomic E-state index is 12.9. The van der Waals surface area contributed by atoms with Crippen LogP contribution in [-0.2, 0) is 11.2 Å². The van der Waals surface area contributed by atoms with Crippen LogP contribution in [0.2, 0.25) is 0 Å². The number of amides is 1. The van der Waals surface area contributed by atoms with E-state index in [4.69, 9.17) is 9.72 Å². The summed E-state index contributed by atoms with van der Waals surface area (Å²) in [4.78, 5) is 22.2. The maximum Gasteiger partial charge on any atom is 0.414 e. The number of benzene rings is 1. The van der Waals surface area contributed by atoms with Crippen molar-refractivity contribution < 1.29 is 9.53 Å². The van der Waals surface area contributed by atoms with Gasteiger partial charge in [-0.05, 0) is 83.6 Å². The first-order chi connectivity index (χ1) is 15.0. The third kappa shape index (κ3) is 5.34. The summed E-state index contributed by atoms with van der Waals surface area (Å²) in [6, 6.07) is 6.43. The highest BCUT2D eigenvalue weighted by molar-refractivity contribution is 7.18. The van der Waals surface area contributed by atoms with Crippen molar-refractivity contribution in [2.24, 2.45) is 11.3 Å². The lowest BCUT2D eigenvalue weighted by Gasteiger charge is -2.37. The molecule has 3 heterocycles. The molecule has 1 amide bonds. The summed E-state index contributed by atoms with van der Waals surface area (Å²) >= 11 is 1.81. The van der Waals surface area contributed by atoms with Crippen LogP contribution in [0.4, 0.5) is 4.79 Å². The van der Waals surface area contributed by atoms with Gasteiger partial charge in [0.05, 0.1) is 20.9 Å². The molecular formula is C26H37N3O2S. The summed E-state index contributed by atoms with van der Waals surface area (Å²) in [6.07, 6.45) is 6.35. The highest BCUT2D eigenvalue weighted by Gasteiger charge is 2.31. The lowest BCUT2D eigenvalue weighted by Crippen LogP contribution is -2.39. The van der Waals surface area contributed by atoms with Gasteiger partial charge in [0.2, 0.25) is 0 Å². The molecule has 0 saturated carbocycles. The molecule has 0 bridgehead atoms. The summed E-state index contributed by atoms with van der Waals surface area (Å²) in [7, 11) is 2.21. The molecule has 2 aromatic rings. The predicted molar refractivity (Wildman–Crippen MR) is 133 cm³/mol. The summed E-state index contributed by atoms with van der Waals surface area (Å²) in [6.45, 7) is 13.3. The molecule has 1 aromatic carbocycles. The Morgan fingerprint density at radius 2 is 2.00 bits per heavy atom. The van der Waals surface area contributed by atoms with Crippen molar-refractivity contribution in [3.63, 3.8) is 0 Å². The molecule has 5 nitrogen and oxygen atoms in total. The van der Waals surface area contributed by atoms with Crippen molar-refractivity contribution in [1.82, 2.24) is 14.8 Å². The molecule has 2 aliphatic heterocycles. The number of hydrogen-bond acceptors (Lipinski definition) is 5. The molecule has 1 saturated heterocycles. The minimum absolute atomic E-state index is 0.274. The smallest absolute Gasteiger partial charge is 0.414 e. The number of carbonyl (C=O) groups excluding carboxylic acids is 1. The second-order valence-corrected chi connectivity index (χ2v) is 12.2. The zero-order chi connectivity index (χ0) is 23.1. The van der Waals surface area contributed by atoms with E-state index in [1.54, 1.807) is 4.90 Å². The summed E-state index contributed by atoms with van der Waals surface area (Å²) in [5, 5.41) is 1.22. The van der Waals surface area contributed by atoms with Crippen molar-refractivity contribution in [2.45, 2.75) is 65.9 Å². The number of nitrogens with zero attached hydrogens (tertiary/aromatic N) is 3. The van der Waals surface area contributed by atoms with Crippen LogP contribution in [0.1, 0.15) is 64.5 Å². The van der Waals surface area contributed by atoms with Crippen LogP contribution in [-0.4, -0.2) is 53.2 Å². The van der Waals surface area contributed by atoms with Crippen molar-refractivity contribution >= 4 is 33.3 Å². The fourth-order valence-electron chi connectivity index (χ4n) is 4.58. The molecule has 174 valence electrons. The number of fused-ring (bicyclic) bond motifs is 1. The lowest BCUT2D eigenvalue weighted by molar-refractivity contribution is 0.0327. The number of ether oxygens (including phenoxy) is 1. The molecule has 2 aliphatic rings. The Hall–Kier alpha value is -1.92. The number of thiazole rings is 1. The van der Waals surface area contributed by atoms with E-state index in [0.717, 1.165) is 29.6 Å². The predicted octanol–water partition coefficient (Wildman–Crippen LogP) is 6.19. The van der Waals surface area contributed by atoms with E-state index in [1.807, 2.05) is 32.1 Å². The second kappa shape index (κ2) is 8.79. The Kier molecular flexibility index (Phi) is 6.38. The molecule has 0 N–H and O–H groups in total. The summed E-state index contributed by atoms with van der Waals surface area (Å²) in [5.74, 6) is 0.413. The largest absolute Gasteiger partial charge is 0.443 e. The first-order valence-corrected chi connectivity index (χ1v) is 12.6. The van der Waals surface area contributed by atoms with E-state index in [2.05, 4.69) is 50.1 Å². The molecule has 0 radical (unpaired) electrons. The molecular weight excluding hydrogens is 418 g/mol. The molecule has 32 heavy (non-hydrogen) atoms. The maximum absolute atomic E-state index is 12.9. The van der Waals surface area contributed by atoms with Gasteiger partial charge < -0.3 is 9.64 Å². The Bertz CT molecular complexity index is 1010. The SMILES string of the molecule is C[C@H]1CC=C(c2ccc3sc(CC4(C)CCN(C)CC4)nc3c2)N(C(=O)OC(C)(C)C)C1. The highest BCUT2D eigenvalue weighted by atomic mass is 32.1. The number of hydrogen-bond donors (Lipinski definition) is 0. The zero-order valence-electron chi connectivity index (χ0n) is 20.4. The molecule has 1 fully saturated rings. The van der Waals surface area contributed by atoms with E-state index >= 15 is 0 Å². The number of rotatable bonds is 3. The van der Waals surface area contributed by atoms with Gasteiger partial charge in [-0.15, -0.1) is 11.3 Å². The first kappa shape index (κ1) is 23.2. The average molecular weight is 456 g/mol. The third-order valence-corrected chi connectivity index (χ3v) is 7.65. The van der Waals surface area contributed by atoms with E-state index in [1.165, 1.54) is 35.6 Å². The molecule has 0 unspecified atom stereocenters. The van der Waals surface area contributed by atoms with Crippen LogP contribution in [0, 0.1) is 11.3 Å². The summed E-state index contributed by atoms with van der Waals surface area (Å²) in [5.41, 5.74) is 2.83. The molecule has 0 aliphatic carbocycles. The van der Waals surface area contributed by atoms with Crippen LogP contribution in [0.5, 0.6) is 0 Å². The number of likely N-dealkylation sites (tertiary alicyclic amines) is 1. The highest BCUT2D eigenvalue weighted by Crippen LogP contribution is 2.37. The van der Waals surface area contributed by atoms with Crippen LogP contribution in [0.25, 0.3) is 15.9 Å². The van der Waals surface area contributed by atoms with Gasteiger partial charge in [0.1, 0.15) is 5.60 Å². The van der Waals surface area contributed by atoms with Gasteiger partial charge >= 0.3 is 6.09 Å². The fourth-order valence-corrected chi connectivity index (χ4v) is 5.75. The number of piperidine rings is 1. The van der Waals surface area contributed by atoms with Gasteiger partial charge in [0.15, 0.2) is 0 Å². The van der Waals surface area contributed by atoms with Crippen LogP contribution < -0.4 is 0 Å². The van der Waals surface area contributed by atoms with Crippen molar-refractivity contribution in [2.75, 3.05) is 26.7 Å². The lowest BCUT2D eigenvalue weighted by atomic mass is 9.78. The van der Waals surface area contributed by atoms with Gasteiger partial charge in [-0.2, -0.15) is 0 Å². The van der Waals surface area contributed by atoms with Crippen molar-refractivity contribution in [1.29, 1.82) is 0 Å². The molecule has 1 atom stereocenters. The Morgan fingerprint density at radius 3 is 2.69 bits per heavy atom. The van der Waals surface area contributed by atoms with E-state index in [-0.39, 0.29) is 6.09 Å². The number of allylic oxidation sites excluding steroid dienone is 1. The number of aromatic nitrogens is 1. The first-order valence-electron chi connectivity index (χ1n) is 11.8. The van der Waals surface area contributed by atoms with E-state index < -0.39 is 5.60 Å². The monoisotopic (exact) mass is 455 g/mol. The third-order valence-electron chi connectivity index (χ3n) is 6.61. The van der Waals surface area contributed by atoms with Crippen LogP contribution in [0.15, 0.2) is 24.3 Å². The summed E-state index contributed by atoms with van der Waals surface area (Å²) < 4.78 is 6.92. The fraction of sp³-hybridized carbons (Fsp3) is 0.615. The van der Waals surface area contributed by atoms with Gasteiger partial charge in [-0.3, -0.25) is 4.90 Å². The Morgan fingerprint density at radius 1 is 1.28 bits per heavy atom. The van der Waals surface area contributed by atoms with Gasteiger partial charge in [-0.1, -0.05) is 26.0 Å². The van der Waals surface area contributed by atoms with Crippen LogP contribution >= 0.6 is 11.3 Å². The molecule has 4 rings (SSSR count). The second-order valence-electron chi connectivity index (χ2n) is 11.1. The van der Waals surface area contributed by atoms with Crippen molar-refractivity contribution in [3.8, 4) is 0 Å². The van der Waals surface area contributed by atoms with Crippen LogP contribution in [0.3, 0.4) is 0 Å². The topological polar surface area (TPSA) is 45.7 Å². The molecule has 1 aromatic heterocycles. The Balaban J connectivity index is 1.58. The minimum Gasteiger partial charge on any atom is -0.443 e. The van der Waals surface area contributed by atoms with Gasteiger partial charge in [-0.25, -0.2) is 9.78 Å². The normalized spacial score (nSPS) is 22.1. The quantitative estimate of drug-likeness (QED) is 0.554. The Labute approximate surface area is 196 Å². The average Bonchev–Trinajstić information content (AvgIpc) is 3.10. The van der Waals surface area contributed by atoms with Gasteiger partial charge in [0, 0.05) is 18.5 Å². The molecule has 6 heteroatoms.